The molecular formula is C13H17ClN2O. The Kier molecular flexibility index (Phi) is 3.38. The Labute approximate surface area is 107 Å². The van der Waals surface area contributed by atoms with Crippen LogP contribution in [0.5, 0.6) is 0 Å². The van der Waals surface area contributed by atoms with Gasteiger partial charge in [0.25, 0.3) is 5.91 Å². The maximum absolute atomic E-state index is 12.0. The van der Waals surface area contributed by atoms with Crippen molar-refractivity contribution in [3.8, 4) is 0 Å². The highest BCUT2D eigenvalue weighted by Crippen LogP contribution is 2.34. The number of aryl methyl sites for hydroxylation is 1. The molecule has 1 amide bonds. The van der Waals surface area contributed by atoms with E-state index < -0.39 is 0 Å². The maximum Gasteiger partial charge on any atom is 0.251 e. The number of carbonyl (C=O) groups excluding carboxylic acids is 1. The zero-order chi connectivity index (χ0) is 12.5. The van der Waals surface area contributed by atoms with E-state index in [1.165, 1.54) is 0 Å². The molecule has 1 aromatic heterocycles. The molecule has 0 aromatic carbocycles. The van der Waals surface area contributed by atoms with Crippen molar-refractivity contribution < 1.29 is 4.79 Å². The van der Waals surface area contributed by atoms with E-state index in [-0.39, 0.29) is 11.4 Å². The van der Waals surface area contributed by atoms with Gasteiger partial charge >= 0.3 is 0 Å². The minimum Gasteiger partial charge on any atom is -0.347 e. The maximum atomic E-state index is 12.0. The van der Waals surface area contributed by atoms with Gasteiger partial charge in [-0.2, -0.15) is 0 Å². The fourth-order valence-corrected chi connectivity index (χ4v) is 1.95. The SMILES string of the molecule is CCCc1cc(C(=O)NC2(C)CC2)cc(Cl)n1. The molecule has 0 spiro atoms. The smallest absolute Gasteiger partial charge is 0.251 e. The van der Waals surface area contributed by atoms with Crippen LogP contribution in [0.25, 0.3) is 0 Å². The van der Waals surface area contributed by atoms with Gasteiger partial charge < -0.3 is 5.32 Å². The van der Waals surface area contributed by atoms with Crippen molar-refractivity contribution in [2.75, 3.05) is 0 Å². The van der Waals surface area contributed by atoms with Crippen molar-refractivity contribution in [3.63, 3.8) is 0 Å². The van der Waals surface area contributed by atoms with E-state index in [0.717, 1.165) is 31.4 Å². The molecule has 0 bridgehead atoms. The summed E-state index contributed by atoms with van der Waals surface area (Å²) in [6, 6.07) is 3.46. The number of nitrogens with zero attached hydrogens (tertiary/aromatic N) is 1. The highest BCUT2D eigenvalue weighted by molar-refractivity contribution is 6.29. The lowest BCUT2D eigenvalue weighted by molar-refractivity contribution is 0.0935. The molecule has 4 heteroatoms. The molecule has 1 heterocycles. The third-order valence-corrected chi connectivity index (χ3v) is 3.22. The molecule has 1 aromatic rings. The zero-order valence-corrected chi connectivity index (χ0v) is 11.0. The van der Waals surface area contributed by atoms with Crippen LogP contribution in [0, 0.1) is 0 Å². The lowest BCUT2D eigenvalue weighted by Gasteiger charge is -2.12. The van der Waals surface area contributed by atoms with Crippen LogP contribution in [0.4, 0.5) is 0 Å². The summed E-state index contributed by atoms with van der Waals surface area (Å²) < 4.78 is 0. The first-order chi connectivity index (χ1) is 8.02. The van der Waals surface area contributed by atoms with E-state index in [2.05, 4.69) is 24.1 Å². The highest BCUT2D eigenvalue weighted by atomic mass is 35.5. The number of rotatable bonds is 4. The van der Waals surface area contributed by atoms with Gasteiger partial charge in [-0.15, -0.1) is 0 Å². The molecule has 0 unspecified atom stereocenters. The number of nitrogens with one attached hydrogen (secondary N) is 1. The second kappa shape index (κ2) is 4.65. The summed E-state index contributed by atoms with van der Waals surface area (Å²) in [5.41, 5.74) is 1.49. The van der Waals surface area contributed by atoms with Crippen molar-refractivity contribution in [2.45, 2.75) is 45.1 Å². The second-order valence-electron chi connectivity index (χ2n) is 4.93. The van der Waals surface area contributed by atoms with Gasteiger partial charge in [0.2, 0.25) is 0 Å². The van der Waals surface area contributed by atoms with Crippen LogP contribution in [-0.2, 0) is 6.42 Å². The topological polar surface area (TPSA) is 42.0 Å². The summed E-state index contributed by atoms with van der Waals surface area (Å²) in [5.74, 6) is -0.0494. The van der Waals surface area contributed by atoms with Gasteiger partial charge in [-0.05, 0) is 38.3 Å². The summed E-state index contributed by atoms with van der Waals surface area (Å²) in [7, 11) is 0. The molecule has 3 nitrogen and oxygen atoms in total. The van der Waals surface area contributed by atoms with Crippen LogP contribution >= 0.6 is 11.6 Å². The normalized spacial score (nSPS) is 16.6. The van der Waals surface area contributed by atoms with Crippen LogP contribution in [0.1, 0.15) is 49.2 Å². The Morgan fingerprint density at radius 3 is 2.82 bits per heavy atom. The number of hydrogen-bond donors (Lipinski definition) is 1. The molecule has 1 fully saturated rings. The lowest BCUT2D eigenvalue weighted by atomic mass is 10.1. The van der Waals surface area contributed by atoms with E-state index in [1.807, 2.05) is 6.07 Å². The fourth-order valence-electron chi connectivity index (χ4n) is 1.73. The van der Waals surface area contributed by atoms with Crippen LogP contribution in [0.2, 0.25) is 5.15 Å². The second-order valence-corrected chi connectivity index (χ2v) is 5.32. The lowest BCUT2D eigenvalue weighted by Crippen LogP contribution is -2.34. The summed E-state index contributed by atoms with van der Waals surface area (Å²) >= 11 is 5.93. The quantitative estimate of drug-likeness (QED) is 0.837. The van der Waals surface area contributed by atoms with Gasteiger partial charge in [-0.25, -0.2) is 4.98 Å². The standard InChI is InChI=1S/C13H17ClN2O/c1-3-4-10-7-9(8-11(14)15-10)12(17)16-13(2)5-6-13/h7-8H,3-6H2,1-2H3,(H,16,17). The Balaban J connectivity index is 2.16. The number of pyridine rings is 1. The number of hydrogen-bond acceptors (Lipinski definition) is 2. The van der Waals surface area contributed by atoms with Crippen molar-refractivity contribution in [3.05, 3.63) is 28.5 Å². The van der Waals surface area contributed by atoms with Crippen molar-refractivity contribution in [1.29, 1.82) is 0 Å². The van der Waals surface area contributed by atoms with Crippen LogP contribution in [0.3, 0.4) is 0 Å². The largest absolute Gasteiger partial charge is 0.347 e. The first-order valence-corrected chi connectivity index (χ1v) is 6.39. The average molecular weight is 253 g/mol. The van der Waals surface area contributed by atoms with Gasteiger partial charge in [0.05, 0.1) is 0 Å². The van der Waals surface area contributed by atoms with Crippen LogP contribution in [0.15, 0.2) is 12.1 Å². The van der Waals surface area contributed by atoms with Gasteiger partial charge in [0.15, 0.2) is 0 Å². The highest BCUT2D eigenvalue weighted by Gasteiger charge is 2.38. The Morgan fingerprint density at radius 2 is 2.24 bits per heavy atom. The van der Waals surface area contributed by atoms with Crippen molar-refractivity contribution in [1.82, 2.24) is 10.3 Å². The number of carbonyl (C=O) groups is 1. The number of aromatic nitrogens is 1. The number of halogens is 1. The Hall–Kier alpha value is -1.09. The third-order valence-electron chi connectivity index (χ3n) is 3.03. The average Bonchev–Trinajstić information content (AvgIpc) is 2.95. The predicted octanol–water partition coefficient (Wildman–Crippen LogP) is 2.97. The molecule has 17 heavy (non-hydrogen) atoms. The molecule has 1 aliphatic rings. The minimum absolute atomic E-state index is 0.00223. The first kappa shape index (κ1) is 12.4. The van der Waals surface area contributed by atoms with Gasteiger partial charge in [0.1, 0.15) is 5.15 Å². The van der Waals surface area contributed by atoms with E-state index in [9.17, 15) is 4.79 Å². The molecule has 2 rings (SSSR count). The monoisotopic (exact) mass is 252 g/mol. The molecular weight excluding hydrogens is 236 g/mol. The van der Waals surface area contributed by atoms with E-state index in [0.29, 0.717) is 10.7 Å². The van der Waals surface area contributed by atoms with E-state index in [4.69, 9.17) is 11.6 Å². The van der Waals surface area contributed by atoms with E-state index >= 15 is 0 Å². The Morgan fingerprint density at radius 1 is 1.53 bits per heavy atom. The zero-order valence-electron chi connectivity index (χ0n) is 10.2. The van der Waals surface area contributed by atoms with Crippen molar-refractivity contribution >= 4 is 17.5 Å². The summed E-state index contributed by atoms with van der Waals surface area (Å²) in [5, 5.41) is 3.41. The molecule has 0 radical (unpaired) electrons. The molecule has 0 saturated heterocycles. The molecule has 0 atom stereocenters. The molecule has 1 N–H and O–H groups in total. The predicted molar refractivity (Wildman–Crippen MR) is 68.3 cm³/mol. The molecule has 1 aliphatic carbocycles. The van der Waals surface area contributed by atoms with Crippen LogP contribution < -0.4 is 5.32 Å². The van der Waals surface area contributed by atoms with Gasteiger partial charge in [0, 0.05) is 16.8 Å². The number of amides is 1. The van der Waals surface area contributed by atoms with Gasteiger partial charge in [-0.1, -0.05) is 24.9 Å². The van der Waals surface area contributed by atoms with Crippen LogP contribution in [-0.4, -0.2) is 16.4 Å². The molecule has 0 aliphatic heterocycles. The first-order valence-electron chi connectivity index (χ1n) is 6.01. The minimum atomic E-state index is -0.0494. The molecule has 92 valence electrons. The van der Waals surface area contributed by atoms with Gasteiger partial charge in [-0.3, -0.25) is 4.79 Å². The van der Waals surface area contributed by atoms with E-state index in [1.54, 1.807) is 6.07 Å². The van der Waals surface area contributed by atoms with Crippen molar-refractivity contribution in [2.24, 2.45) is 0 Å². The summed E-state index contributed by atoms with van der Waals surface area (Å²) in [6.45, 7) is 4.13. The summed E-state index contributed by atoms with van der Waals surface area (Å²) in [6.07, 6.45) is 3.95. The molecule has 1 saturated carbocycles. The fraction of sp³-hybridized carbons (Fsp3) is 0.538. The Bertz CT molecular complexity index is 441. The summed E-state index contributed by atoms with van der Waals surface area (Å²) in [4.78, 5) is 16.2. The third kappa shape index (κ3) is 3.19.